The lowest BCUT2D eigenvalue weighted by Gasteiger charge is -2.31. The van der Waals surface area contributed by atoms with Crippen LogP contribution in [0.25, 0.3) is 0 Å². The second-order valence-electron chi connectivity index (χ2n) is 5.07. The highest BCUT2D eigenvalue weighted by Gasteiger charge is 2.23. The maximum Gasteiger partial charge on any atom is 0.335 e. The van der Waals surface area contributed by atoms with E-state index in [1.807, 2.05) is 0 Å². The summed E-state index contributed by atoms with van der Waals surface area (Å²) in [5, 5.41) is 20.4. The highest BCUT2D eigenvalue weighted by molar-refractivity contribution is 5.93. The van der Waals surface area contributed by atoms with Crippen LogP contribution in [0.1, 0.15) is 23.2 Å². The summed E-state index contributed by atoms with van der Waals surface area (Å²) < 4.78 is 13.6. The Hall–Kier alpha value is -2.15. The number of carboxylic acids is 1. The number of aromatic carboxylic acids is 1. The van der Waals surface area contributed by atoms with E-state index < -0.39 is 17.8 Å². The molecule has 0 spiro atoms. The van der Waals surface area contributed by atoms with Crippen LogP contribution in [0.4, 0.5) is 14.9 Å². The first kappa shape index (κ1) is 15.2. The number of hydrogen-bond acceptors (Lipinski definition) is 3. The van der Waals surface area contributed by atoms with E-state index in [2.05, 4.69) is 5.32 Å². The molecule has 114 valence electrons. The van der Waals surface area contributed by atoms with Crippen LogP contribution in [-0.2, 0) is 0 Å². The van der Waals surface area contributed by atoms with Gasteiger partial charge in [0.2, 0.25) is 0 Å². The van der Waals surface area contributed by atoms with Gasteiger partial charge in [-0.15, -0.1) is 0 Å². The standard InChI is InChI=1S/C14H17FN2O4/c15-11-4-3-10(13(19)20)6-12(11)16-14(21)17-5-1-2-9(7-17)8-18/h3-4,6,9,18H,1-2,5,7-8H2,(H,16,21)(H,19,20). The molecule has 1 unspecified atom stereocenters. The highest BCUT2D eigenvalue weighted by atomic mass is 19.1. The SMILES string of the molecule is O=C(O)c1ccc(F)c(NC(=O)N2CCCC(CO)C2)c1. The van der Waals surface area contributed by atoms with Crippen molar-refractivity contribution >= 4 is 17.7 Å². The fraction of sp³-hybridized carbons (Fsp3) is 0.429. The minimum absolute atomic E-state index is 0.00659. The molecule has 2 amide bonds. The van der Waals surface area contributed by atoms with Gasteiger partial charge in [0.1, 0.15) is 5.82 Å². The molecule has 0 aromatic heterocycles. The van der Waals surface area contributed by atoms with Crippen LogP contribution in [0.2, 0.25) is 0 Å². The van der Waals surface area contributed by atoms with Gasteiger partial charge < -0.3 is 20.4 Å². The van der Waals surface area contributed by atoms with Crippen LogP contribution >= 0.6 is 0 Å². The van der Waals surface area contributed by atoms with E-state index in [0.717, 1.165) is 31.0 Å². The molecule has 0 aliphatic carbocycles. The molecule has 1 heterocycles. The summed E-state index contributed by atoms with van der Waals surface area (Å²) in [5.74, 6) is -1.85. The summed E-state index contributed by atoms with van der Waals surface area (Å²) in [6.45, 7) is 0.942. The van der Waals surface area contributed by atoms with Crippen molar-refractivity contribution in [2.45, 2.75) is 12.8 Å². The molecule has 0 radical (unpaired) electrons. The minimum Gasteiger partial charge on any atom is -0.478 e. The molecule has 1 saturated heterocycles. The van der Waals surface area contributed by atoms with Gasteiger partial charge in [-0.25, -0.2) is 14.0 Å². The van der Waals surface area contributed by atoms with Crippen molar-refractivity contribution in [2.24, 2.45) is 5.92 Å². The molecule has 0 bridgehead atoms. The third-order valence-electron chi connectivity index (χ3n) is 3.52. The minimum atomic E-state index is -1.19. The number of halogens is 1. The molecule has 2 rings (SSSR count). The number of carbonyl (C=O) groups excluding carboxylic acids is 1. The van der Waals surface area contributed by atoms with E-state index in [1.54, 1.807) is 0 Å². The van der Waals surface area contributed by atoms with Gasteiger partial charge in [-0.2, -0.15) is 0 Å². The summed E-state index contributed by atoms with van der Waals surface area (Å²) in [6, 6.07) is 2.74. The average molecular weight is 296 g/mol. The van der Waals surface area contributed by atoms with Gasteiger partial charge >= 0.3 is 12.0 Å². The molecule has 1 aromatic rings. The first-order valence-corrected chi connectivity index (χ1v) is 6.71. The maximum absolute atomic E-state index is 13.6. The third kappa shape index (κ3) is 3.69. The molecule has 7 heteroatoms. The van der Waals surface area contributed by atoms with Crippen LogP contribution in [-0.4, -0.2) is 46.8 Å². The Bertz CT molecular complexity index is 550. The van der Waals surface area contributed by atoms with Crippen molar-refractivity contribution in [1.29, 1.82) is 0 Å². The quantitative estimate of drug-likeness (QED) is 0.793. The zero-order valence-corrected chi connectivity index (χ0v) is 11.4. The normalized spacial score (nSPS) is 18.4. The summed E-state index contributed by atoms with van der Waals surface area (Å²) in [5.41, 5.74) is -0.260. The van der Waals surface area contributed by atoms with E-state index in [0.29, 0.717) is 13.1 Å². The van der Waals surface area contributed by atoms with Crippen molar-refractivity contribution < 1.29 is 24.2 Å². The Morgan fingerprint density at radius 2 is 2.19 bits per heavy atom. The van der Waals surface area contributed by atoms with Crippen molar-refractivity contribution in [3.05, 3.63) is 29.6 Å². The number of anilines is 1. The first-order valence-electron chi connectivity index (χ1n) is 6.71. The van der Waals surface area contributed by atoms with Crippen molar-refractivity contribution in [2.75, 3.05) is 25.0 Å². The van der Waals surface area contributed by atoms with Crippen LogP contribution in [0, 0.1) is 11.7 Å². The Balaban J connectivity index is 2.08. The Morgan fingerprint density at radius 3 is 2.86 bits per heavy atom. The predicted molar refractivity (Wildman–Crippen MR) is 73.8 cm³/mol. The van der Waals surface area contributed by atoms with Crippen LogP contribution in [0.3, 0.4) is 0 Å². The van der Waals surface area contributed by atoms with E-state index in [-0.39, 0.29) is 23.8 Å². The van der Waals surface area contributed by atoms with Gasteiger partial charge in [0.25, 0.3) is 0 Å². The molecule has 1 atom stereocenters. The average Bonchev–Trinajstić information content (AvgIpc) is 2.49. The number of piperidine rings is 1. The Kier molecular flexibility index (Phi) is 4.74. The molecule has 1 aliphatic heterocycles. The molecule has 1 aromatic carbocycles. The third-order valence-corrected chi connectivity index (χ3v) is 3.52. The van der Waals surface area contributed by atoms with Gasteiger partial charge in [-0.1, -0.05) is 0 Å². The van der Waals surface area contributed by atoms with E-state index >= 15 is 0 Å². The van der Waals surface area contributed by atoms with Crippen LogP contribution in [0.5, 0.6) is 0 Å². The topological polar surface area (TPSA) is 89.9 Å². The maximum atomic E-state index is 13.6. The number of nitrogens with zero attached hydrogens (tertiary/aromatic N) is 1. The van der Waals surface area contributed by atoms with Gasteiger partial charge in [0, 0.05) is 19.7 Å². The van der Waals surface area contributed by atoms with E-state index in [9.17, 15) is 14.0 Å². The second kappa shape index (κ2) is 6.53. The van der Waals surface area contributed by atoms with Gasteiger partial charge in [0.05, 0.1) is 11.3 Å². The number of hydrogen-bond donors (Lipinski definition) is 3. The molecule has 3 N–H and O–H groups in total. The van der Waals surface area contributed by atoms with Gasteiger partial charge in [0.15, 0.2) is 0 Å². The van der Waals surface area contributed by atoms with Crippen molar-refractivity contribution in [3.8, 4) is 0 Å². The molecule has 6 nitrogen and oxygen atoms in total. The van der Waals surface area contributed by atoms with Gasteiger partial charge in [-0.05, 0) is 37.0 Å². The number of benzene rings is 1. The number of urea groups is 1. The molecule has 21 heavy (non-hydrogen) atoms. The summed E-state index contributed by atoms with van der Waals surface area (Å²) in [4.78, 5) is 24.4. The van der Waals surface area contributed by atoms with Crippen molar-refractivity contribution in [1.82, 2.24) is 4.90 Å². The largest absolute Gasteiger partial charge is 0.478 e. The van der Waals surface area contributed by atoms with E-state index in [1.165, 1.54) is 4.90 Å². The summed E-state index contributed by atoms with van der Waals surface area (Å²) >= 11 is 0. The van der Waals surface area contributed by atoms with E-state index in [4.69, 9.17) is 10.2 Å². The summed E-state index contributed by atoms with van der Waals surface area (Å²) in [7, 11) is 0. The number of aliphatic hydroxyl groups is 1. The summed E-state index contributed by atoms with van der Waals surface area (Å²) in [6.07, 6.45) is 1.62. The zero-order valence-electron chi connectivity index (χ0n) is 11.4. The predicted octanol–water partition coefficient (Wildman–Crippen LogP) is 1.76. The molecule has 0 saturated carbocycles. The molecular formula is C14H17FN2O4. The number of aliphatic hydroxyl groups excluding tert-OH is 1. The highest BCUT2D eigenvalue weighted by Crippen LogP contribution is 2.20. The Morgan fingerprint density at radius 1 is 1.43 bits per heavy atom. The molecule has 1 aliphatic rings. The molecule has 1 fully saturated rings. The fourth-order valence-electron chi connectivity index (χ4n) is 2.35. The molecular weight excluding hydrogens is 279 g/mol. The van der Waals surface area contributed by atoms with Crippen LogP contribution in [0.15, 0.2) is 18.2 Å². The number of rotatable bonds is 3. The van der Waals surface area contributed by atoms with Crippen molar-refractivity contribution in [3.63, 3.8) is 0 Å². The number of amides is 2. The number of likely N-dealkylation sites (tertiary alicyclic amines) is 1. The Labute approximate surface area is 121 Å². The number of nitrogens with one attached hydrogen (secondary N) is 1. The van der Waals surface area contributed by atoms with Gasteiger partial charge in [-0.3, -0.25) is 0 Å². The first-order chi connectivity index (χ1) is 10.0. The number of carboxylic acid groups (broad SMARTS) is 1. The second-order valence-corrected chi connectivity index (χ2v) is 5.07. The van der Waals surface area contributed by atoms with Crippen LogP contribution < -0.4 is 5.32 Å². The monoisotopic (exact) mass is 296 g/mol. The lowest BCUT2D eigenvalue weighted by molar-refractivity contribution is 0.0696. The zero-order chi connectivity index (χ0) is 15.4. The smallest absolute Gasteiger partial charge is 0.335 e. The number of carbonyl (C=O) groups is 2. The lowest BCUT2D eigenvalue weighted by atomic mass is 9.99. The fourth-order valence-corrected chi connectivity index (χ4v) is 2.35. The lowest BCUT2D eigenvalue weighted by Crippen LogP contribution is -2.43.